The first-order chi connectivity index (χ1) is 11.8. The number of carbonyl (C=O) groups excluding carboxylic acids is 1. The first-order valence-corrected chi connectivity index (χ1v) is 7.74. The minimum atomic E-state index is -1.81. The highest BCUT2D eigenvalue weighted by atomic mass is 35.5. The van der Waals surface area contributed by atoms with Gasteiger partial charge in [-0.2, -0.15) is 5.10 Å². The van der Waals surface area contributed by atoms with E-state index < -0.39 is 43.5 Å². The zero-order valence-corrected chi connectivity index (χ0v) is 14.3. The summed E-state index contributed by atoms with van der Waals surface area (Å²) in [6.07, 6.45) is -6.19. The van der Waals surface area contributed by atoms with E-state index in [-0.39, 0.29) is 10.8 Å². The molecule has 0 saturated carbocycles. The third kappa shape index (κ3) is 7.12. The van der Waals surface area contributed by atoms with Gasteiger partial charge in [-0.05, 0) is 18.2 Å². The molecule has 0 aliphatic carbocycles. The standard InChI is InChI=1S/C14H18Cl2N2O7/c15-7-1-2-11(8(16)3-7)25-6-12(22)18-17-4-9(20)13(23)14(24)10(21)5-19/h1-4,9-10,13-14,19-21,23-24H,5-6H2,(H,18,22)/b17-4-/t9-,10+,13+,14+/m0/s1. The van der Waals surface area contributed by atoms with Crippen LogP contribution >= 0.6 is 23.2 Å². The van der Waals surface area contributed by atoms with Crippen molar-refractivity contribution in [2.24, 2.45) is 5.10 Å². The van der Waals surface area contributed by atoms with Crippen LogP contribution in [0.25, 0.3) is 0 Å². The number of hydrogen-bond acceptors (Lipinski definition) is 8. The first-order valence-electron chi connectivity index (χ1n) is 6.99. The summed E-state index contributed by atoms with van der Waals surface area (Å²) in [5, 5.41) is 50.3. The second kappa shape index (κ2) is 10.5. The normalized spacial score (nSPS) is 16.3. The summed E-state index contributed by atoms with van der Waals surface area (Å²) in [6.45, 7) is -1.23. The van der Waals surface area contributed by atoms with E-state index in [1.165, 1.54) is 18.2 Å². The second-order valence-electron chi connectivity index (χ2n) is 4.90. The minimum absolute atomic E-state index is 0.221. The average molecular weight is 397 g/mol. The Labute approximate surface area is 153 Å². The van der Waals surface area contributed by atoms with Gasteiger partial charge in [0.1, 0.15) is 30.2 Å². The summed E-state index contributed by atoms with van der Waals surface area (Å²) in [5.74, 6) is -0.443. The number of aliphatic hydroxyl groups excluding tert-OH is 5. The number of nitrogens with zero attached hydrogens (tertiary/aromatic N) is 1. The minimum Gasteiger partial charge on any atom is -0.482 e. The monoisotopic (exact) mass is 396 g/mol. The Balaban J connectivity index is 2.43. The smallest absolute Gasteiger partial charge is 0.277 e. The average Bonchev–Trinajstić information content (AvgIpc) is 2.58. The number of hydrogen-bond donors (Lipinski definition) is 6. The highest BCUT2D eigenvalue weighted by molar-refractivity contribution is 6.35. The zero-order valence-electron chi connectivity index (χ0n) is 12.8. The highest BCUT2D eigenvalue weighted by Crippen LogP contribution is 2.27. The topological polar surface area (TPSA) is 152 Å². The lowest BCUT2D eigenvalue weighted by Gasteiger charge is -2.23. The molecule has 1 aromatic rings. The Morgan fingerprint density at radius 1 is 1.24 bits per heavy atom. The number of nitrogens with one attached hydrogen (secondary N) is 1. The van der Waals surface area contributed by atoms with Gasteiger partial charge in [0.25, 0.3) is 5.91 Å². The molecule has 4 atom stereocenters. The summed E-state index contributed by atoms with van der Waals surface area (Å²) >= 11 is 11.6. The molecule has 0 aromatic heterocycles. The van der Waals surface area contributed by atoms with E-state index in [9.17, 15) is 20.1 Å². The number of ether oxygens (including phenoxy) is 1. The number of halogens is 2. The number of amides is 1. The van der Waals surface area contributed by atoms with E-state index in [0.717, 1.165) is 6.21 Å². The van der Waals surface area contributed by atoms with Gasteiger partial charge < -0.3 is 30.3 Å². The summed E-state index contributed by atoms with van der Waals surface area (Å²) in [5.41, 5.74) is 2.02. The van der Waals surface area contributed by atoms with Crippen molar-refractivity contribution in [3.05, 3.63) is 28.2 Å². The zero-order chi connectivity index (χ0) is 19.0. The van der Waals surface area contributed by atoms with Gasteiger partial charge in [-0.25, -0.2) is 5.43 Å². The van der Waals surface area contributed by atoms with Crippen LogP contribution in [0.3, 0.4) is 0 Å². The Morgan fingerprint density at radius 3 is 2.52 bits per heavy atom. The van der Waals surface area contributed by atoms with Crippen LogP contribution in [0.4, 0.5) is 0 Å². The second-order valence-corrected chi connectivity index (χ2v) is 5.74. The number of aliphatic hydroxyl groups is 5. The van der Waals surface area contributed by atoms with Crippen molar-refractivity contribution in [2.75, 3.05) is 13.2 Å². The Bertz CT molecular complexity index is 603. The fraction of sp³-hybridized carbons (Fsp3) is 0.429. The van der Waals surface area contributed by atoms with E-state index in [1.54, 1.807) is 0 Å². The first kappa shape index (κ1) is 21.6. The van der Waals surface area contributed by atoms with Crippen LogP contribution in [-0.4, -0.2) is 75.3 Å². The molecule has 0 aliphatic rings. The number of carbonyl (C=O) groups is 1. The fourth-order valence-corrected chi connectivity index (χ4v) is 2.04. The number of hydrazone groups is 1. The van der Waals surface area contributed by atoms with E-state index >= 15 is 0 Å². The molecule has 11 heteroatoms. The van der Waals surface area contributed by atoms with Crippen molar-refractivity contribution in [1.29, 1.82) is 0 Å². The molecule has 0 unspecified atom stereocenters. The van der Waals surface area contributed by atoms with Crippen LogP contribution in [-0.2, 0) is 4.79 Å². The van der Waals surface area contributed by atoms with Gasteiger partial charge in [-0.1, -0.05) is 23.2 Å². The van der Waals surface area contributed by atoms with Gasteiger partial charge in [-0.3, -0.25) is 4.79 Å². The molecule has 25 heavy (non-hydrogen) atoms. The number of rotatable bonds is 9. The summed E-state index contributed by atoms with van der Waals surface area (Å²) < 4.78 is 5.15. The summed E-state index contributed by atoms with van der Waals surface area (Å²) in [6, 6.07) is 4.45. The van der Waals surface area contributed by atoms with Crippen molar-refractivity contribution >= 4 is 35.3 Å². The quantitative estimate of drug-likeness (QED) is 0.229. The highest BCUT2D eigenvalue weighted by Gasteiger charge is 2.29. The molecular formula is C14H18Cl2N2O7. The molecule has 0 aliphatic heterocycles. The van der Waals surface area contributed by atoms with Gasteiger partial charge >= 0.3 is 0 Å². The maximum absolute atomic E-state index is 11.5. The van der Waals surface area contributed by atoms with E-state index in [2.05, 4.69) is 5.10 Å². The van der Waals surface area contributed by atoms with Crippen LogP contribution in [0.5, 0.6) is 5.75 Å². The molecule has 1 rings (SSSR count). The summed E-state index contributed by atoms with van der Waals surface area (Å²) in [7, 11) is 0. The van der Waals surface area contributed by atoms with Crippen molar-refractivity contribution in [3.63, 3.8) is 0 Å². The van der Waals surface area contributed by atoms with Crippen molar-refractivity contribution in [2.45, 2.75) is 24.4 Å². The van der Waals surface area contributed by atoms with Crippen LogP contribution in [0, 0.1) is 0 Å². The fourth-order valence-electron chi connectivity index (χ4n) is 1.58. The molecule has 9 nitrogen and oxygen atoms in total. The lowest BCUT2D eigenvalue weighted by molar-refractivity contribution is -0.123. The van der Waals surface area contributed by atoms with Gasteiger partial charge in [0.05, 0.1) is 17.8 Å². The molecule has 0 heterocycles. The molecule has 0 radical (unpaired) electrons. The van der Waals surface area contributed by atoms with E-state index in [0.29, 0.717) is 5.02 Å². The molecular weight excluding hydrogens is 379 g/mol. The molecule has 6 N–H and O–H groups in total. The molecule has 1 amide bonds. The van der Waals surface area contributed by atoms with Crippen molar-refractivity contribution < 1.29 is 35.1 Å². The Hall–Kier alpha value is -1.46. The van der Waals surface area contributed by atoms with Gasteiger partial charge in [0.2, 0.25) is 0 Å². The van der Waals surface area contributed by atoms with Crippen LogP contribution in [0.2, 0.25) is 10.0 Å². The molecule has 140 valence electrons. The van der Waals surface area contributed by atoms with Gasteiger partial charge in [0.15, 0.2) is 6.61 Å². The predicted molar refractivity (Wildman–Crippen MR) is 89.7 cm³/mol. The Kier molecular flexibility index (Phi) is 9.08. The van der Waals surface area contributed by atoms with Crippen molar-refractivity contribution in [3.8, 4) is 5.75 Å². The van der Waals surface area contributed by atoms with E-state index in [1.807, 2.05) is 5.43 Å². The largest absolute Gasteiger partial charge is 0.482 e. The third-order valence-corrected chi connectivity index (χ3v) is 3.48. The van der Waals surface area contributed by atoms with Crippen LogP contribution in [0.15, 0.2) is 23.3 Å². The van der Waals surface area contributed by atoms with E-state index in [4.69, 9.17) is 38.2 Å². The maximum atomic E-state index is 11.5. The van der Waals surface area contributed by atoms with Gasteiger partial charge in [0, 0.05) is 5.02 Å². The molecule has 0 saturated heterocycles. The van der Waals surface area contributed by atoms with Crippen molar-refractivity contribution in [1.82, 2.24) is 5.43 Å². The molecule has 0 bridgehead atoms. The third-order valence-electron chi connectivity index (χ3n) is 2.95. The summed E-state index contributed by atoms with van der Waals surface area (Å²) in [4.78, 5) is 11.5. The van der Waals surface area contributed by atoms with Crippen LogP contribution < -0.4 is 10.2 Å². The predicted octanol–water partition coefficient (Wildman–Crippen LogP) is -1.09. The molecule has 0 fully saturated rings. The lowest BCUT2D eigenvalue weighted by atomic mass is 10.0. The SMILES string of the molecule is O=C(COc1ccc(Cl)cc1Cl)N/N=C\[C@H](O)[C@@H](O)[C@H](O)[C@H](O)CO. The Morgan fingerprint density at radius 2 is 1.92 bits per heavy atom. The van der Waals surface area contributed by atoms with Gasteiger partial charge in [-0.15, -0.1) is 0 Å². The molecule has 0 spiro atoms. The molecule has 1 aromatic carbocycles. The van der Waals surface area contributed by atoms with Crippen LogP contribution in [0.1, 0.15) is 0 Å². The lowest BCUT2D eigenvalue weighted by Crippen LogP contribution is -2.46. The maximum Gasteiger partial charge on any atom is 0.277 e. The number of benzene rings is 1.